The van der Waals surface area contributed by atoms with Crippen molar-refractivity contribution in [2.24, 2.45) is 0 Å². The van der Waals surface area contributed by atoms with Crippen LogP contribution in [0.3, 0.4) is 0 Å². The zero-order chi connectivity index (χ0) is 12.3. The summed E-state index contributed by atoms with van der Waals surface area (Å²) in [7, 11) is 2.09. The Balaban J connectivity index is 2.08. The van der Waals surface area contributed by atoms with Crippen molar-refractivity contribution in [2.75, 3.05) is 18.5 Å². The van der Waals surface area contributed by atoms with E-state index >= 15 is 0 Å². The van der Waals surface area contributed by atoms with E-state index in [1.807, 2.05) is 0 Å². The number of anilines is 1. The predicted molar refractivity (Wildman–Crippen MR) is 75.0 cm³/mol. The average molecular weight is 247 g/mol. The number of nitrogens with zero attached hydrogens (tertiary/aromatic N) is 1. The number of rotatable bonds is 5. The summed E-state index contributed by atoms with van der Waals surface area (Å²) in [6.07, 6.45) is 1.60. The molecule has 0 aliphatic rings. The van der Waals surface area contributed by atoms with Gasteiger partial charge < -0.3 is 9.69 Å². The van der Waals surface area contributed by atoms with E-state index in [9.17, 15) is 4.79 Å². The van der Waals surface area contributed by atoms with Gasteiger partial charge in [-0.2, -0.15) is 0 Å². The Morgan fingerprint density at radius 2 is 2.12 bits per heavy atom. The van der Waals surface area contributed by atoms with Gasteiger partial charge in [-0.3, -0.25) is 0 Å². The van der Waals surface area contributed by atoms with Gasteiger partial charge >= 0.3 is 0 Å². The predicted octanol–water partition coefficient (Wildman–Crippen LogP) is 3.71. The summed E-state index contributed by atoms with van der Waals surface area (Å²) < 4.78 is 1.32. The van der Waals surface area contributed by atoms with Gasteiger partial charge in [-0.1, -0.05) is 18.2 Å². The minimum atomic E-state index is 0.272. The molecular weight excluding hydrogens is 230 g/mol. The molecule has 0 unspecified atom stereocenters. The highest BCUT2D eigenvalue weighted by atomic mass is 32.1. The Labute approximate surface area is 106 Å². The third-order valence-electron chi connectivity index (χ3n) is 2.89. The molecular formula is C14H17NOS. The van der Waals surface area contributed by atoms with Crippen LogP contribution in [-0.2, 0) is 4.79 Å². The van der Waals surface area contributed by atoms with E-state index in [1.54, 1.807) is 18.3 Å². The summed E-state index contributed by atoms with van der Waals surface area (Å²) in [4.78, 5) is 13.1. The number of fused-ring (bicyclic) bond motifs is 1. The molecule has 0 fully saturated rings. The number of carbonyl (C=O) groups is 1. The molecule has 2 nitrogen and oxygen atoms in total. The van der Waals surface area contributed by atoms with Crippen molar-refractivity contribution >= 4 is 32.9 Å². The topological polar surface area (TPSA) is 20.3 Å². The second-order valence-electron chi connectivity index (χ2n) is 4.34. The average Bonchev–Trinajstić information content (AvgIpc) is 2.72. The van der Waals surface area contributed by atoms with Gasteiger partial charge in [0.25, 0.3) is 0 Å². The maximum atomic E-state index is 10.9. The first-order chi connectivity index (χ1) is 8.18. The molecule has 0 aliphatic carbocycles. The molecule has 0 N–H and O–H groups in total. The summed E-state index contributed by atoms with van der Waals surface area (Å²) in [5.41, 5.74) is 1.27. The highest BCUT2D eigenvalue weighted by Gasteiger charge is 2.07. The van der Waals surface area contributed by atoms with Gasteiger partial charge in [0.2, 0.25) is 0 Å². The maximum absolute atomic E-state index is 10.9. The fourth-order valence-electron chi connectivity index (χ4n) is 1.95. The fraction of sp³-hybridized carbons (Fsp3) is 0.357. The van der Waals surface area contributed by atoms with E-state index < -0.39 is 0 Å². The molecule has 0 amide bonds. The molecule has 1 aromatic heterocycles. The molecule has 1 heterocycles. The van der Waals surface area contributed by atoms with E-state index in [-0.39, 0.29) is 5.78 Å². The van der Waals surface area contributed by atoms with Crippen LogP contribution in [0.1, 0.15) is 19.8 Å². The summed E-state index contributed by atoms with van der Waals surface area (Å²) in [5, 5.41) is 3.50. The van der Waals surface area contributed by atoms with Gasteiger partial charge in [0.05, 0.1) is 5.69 Å². The van der Waals surface area contributed by atoms with Crippen LogP contribution < -0.4 is 4.90 Å². The van der Waals surface area contributed by atoms with Gasteiger partial charge in [-0.25, -0.2) is 0 Å². The summed E-state index contributed by atoms with van der Waals surface area (Å²) in [6, 6.07) is 8.44. The monoisotopic (exact) mass is 247 g/mol. The largest absolute Gasteiger partial charge is 0.373 e. The Bertz CT molecular complexity index is 518. The van der Waals surface area contributed by atoms with Crippen LogP contribution in [0, 0.1) is 0 Å². The van der Waals surface area contributed by atoms with Crippen molar-refractivity contribution < 1.29 is 4.79 Å². The van der Waals surface area contributed by atoms with Crippen molar-refractivity contribution in [3.63, 3.8) is 0 Å². The third kappa shape index (κ3) is 2.86. The first-order valence-corrected chi connectivity index (χ1v) is 6.73. The van der Waals surface area contributed by atoms with E-state index in [1.165, 1.54) is 15.8 Å². The van der Waals surface area contributed by atoms with Gasteiger partial charge in [-0.15, -0.1) is 11.3 Å². The van der Waals surface area contributed by atoms with Crippen molar-refractivity contribution in [1.29, 1.82) is 0 Å². The van der Waals surface area contributed by atoms with Crippen molar-refractivity contribution in [2.45, 2.75) is 19.8 Å². The summed E-state index contributed by atoms with van der Waals surface area (Å²) in [6.45, 7) is 2.58. The molecule has 3 heteroatoms. The first kappa shape index (κ1) is 12.1. The van der Waals surface area contributed by atoms with Gasteiger partial charge in [0, 0.05) is 35.5 Å². The standard InChI is InChI=1S/C14H17NOS/c1-11(16)6-5-9-15(2)13-10-17-14-8-4-3-7-12(13)14/h3-4,7-8,10H,5-6,9H2,1-2H3. The van der Waals surface area contributed by atoms with Crippen LogP contribution in [0.25, 0.3) is 10.1 Å². The molecule has 0 bridgehead atoms. The number of carbonyl (C=O) groups excluding carboxylic acids is 1. The highest BCUT2D eigenvalue weighted by molar-refractivity contribution is 7.17. The molecule has 0 saturated heterocycles. The molecule has 0 saturated carbocycles. The van der Waals surface area contributed by atoms with Crippen molar-refractivity contribution in [3.05, 3.63) is 29.6 Å². The smallest absolute Gasteiger partial charge is 0.129 e. The minimum absolute atomic E-state index is 0.272. The Hall–Kier alpha value is -1.35. The second kappa shape index (κ2) is 5.32. The number of benzene rings is 1. The van der Waals surface area contributed by atoms with E-state index in [4.69, 9.17) is 0 Å². The second-order valence-corrected chi connectivity index (χ2v) is 5.26. The Kier molecular flexibility index (Phi) is 3.79. The van der Waals surface area contributed by atoms with Crippen LogP contribution in [-0.4, -0.2) is 19.4 Å². The molecule has 1 aromatic carbocycles. The van der Waals surface area contributed by atoms with E-state index in [0.29, 0.717) is 6.42 Å². The fourth-order valence-corrected chi connectivity index (χ4v) is 2.95. The number of hydrogen-bond acceptors (Lipinski definition) is 3. The first-order valence-electron chi connectivity index (χ1n) is 5.85. The zero-order valence-electron chi connectivity index (χ0n) is 10.3. The molecule has 0 spiro atoms. The lowest BCUT2D eigenvalue weighted by Crippen LogP contribution is -2.18. The Morgan fingerprint density at radius 3 is 2.88 bits per heavy atom. The number of ketones is 1. The molecule has 90 valence electrons. The SMILES string of the molecule is CC(=O)CCCN(C)c1csc2ccccc12. The van der Waals surface area contributed by atoms with Crippen LogP contribution in [0.4, 0.5) is 5.69 Å². The maximum Gasteiger partial charge on any atom is 0.129 e. The van der Waals surface area contributed by atoms with Crippen LogP contribution in [0.15, 0.2) is 29.6 Å². The molecule has 0 aliphatic heterocycles. The van der Waals surface area contributed by atoms with Crippen molar-refractivity contribution in [1.82, 2.24) is 0 Å². The number of thiophene rings is 1. The molecule has 2 aromatic rings. The highest BCUT2D eigenvalue weighted by Crippen LogP contribution is 2.32. The molecule has 17 heavy (non-hydrogen) atoms. The molecule has 0 atom stereocenters. The van der Waals surface area contributed by atoms with Gasteiger partial charge in [-0.05, 0) is 19.4 Å². The molecule has 0 radical (unpaired) electrons. The minimum Gasteiger partial charge on any atom is -0.373 e. The number of Topliss-reactive ketones (excluding diaryl/α,β-unsaturated/α-hetero) is 1. The van der Waals surface area contributed by atoms with Crippen LogP contribution in [0.2, 0.25) is 0 Å². The lowest BCUT2D eigenvalue weighted by molar-refractivity contribution is -0.117. The lowest BCUT2D eigenvalue weighted by Gasteiger charge is -2.17. The van der Waals surface area contributed by atoms with E-state index in [2.05, 4.69) is 41.6 Å². The normalized spacial score (nSPS) is 10.7. The van der Waals surface area contributed by atoms with Crippen molar-refractivity contribution in [3.8, 4) is 0 Å². The number of hydrogen-bond donors (Lipinski definition) is 0. The quantitative estimate of drug-likeness (QED) is 0.803. The summed E-state index contributed by atoms with van der Waals surface area (Å²) in [5.74, 6) is 0.272. The molecule has 2 rings (SSSR count). The zero-order valence-corrected chi connectivity index (χ0v) is 11.1. The lowest BCUT2D eigenvalue weighted by atomic mass is 10.2. The summed E-state index contributed by atoms with van der Waals surface area (Å²) >= 11 is 1.77. The van der Waals surface area contributed by atoms with Gasteiger partial charge in [0.15, 0.2) is 0 Å². The van der Waals surface area contributed by atoms with E-state index in [0.717, 1.165) is 13.0 Å². The van der Waals surface area contributed by atoms with Crippen LogP contribution in [0.5, 0.6) is 0 Å². The Morgan fingerprint density at radius 1 is 1.35 bits per heavy atom. The van der Waals surface area contributed by atoms with Gasteiger partial charge in [0.1, 0.15) is 5.78 Å². The third-order valence-corrected chi connectivity index (χ3v) is 3.85. The van der Waals surface area contributed by atoms with Crippen LogP contribution >= 0.6 is 11.3 Å².